The molecule has 8 heteroatoms. The molecule has 1 saturated heterocycles. The van der Waals surface area contributed by atoms with Gasteiger partial charge in [0.05, 0.1) is 24.2 Å². The summed E-state index contributed by atoms with van der Waals surface area (Å²) in [6.45, 7) is 3.23. The van der Waals surface area contributed by atoms with Gasteiger partial charge in [-0.15, -0.1) is 0 Å². The first-order chi connectivity index (χ1) is 12.9. The number of carbonyl (C=O) groups is 1. The number of rotatable bonds is 5. The molecule has 6 nitrogen and oxygen atoms in total. The molecule has 1 aliphatic rings. The molecule has 1 N–H and O–H groups in total. The van der Waals surface area contributed by atoms with Gasteiger partial charge in [-0.3, -0.25) is 4.79 Å². The number of ether oxygens (including phenoxy) is 1. The normalized spacial score (nSPS) is 16.7. The average molecular weight is 409 g/mol. The Balaban J connectivity index is 1.76. The van der Waals surface area contributed by atoms with E-state index in [1.54, 1.807) is 24.3 Å². The van der Waals surface area contributed by atoms with Crippen LogP contribution in [0.5, 0.6) is 0 Å². The van der Waals surface area contributed by atoms with Crippen molar-refractivity contribution >= 4 is 27.5 Å². The summed E-state index contributed by atoms with van der Waals surface area (Å²) in [7, 11) is -3.64. The molecular weight excluding hydrogens is 388 g/mol. The summed E-state index contributed by atoms with van der Waals surface area (Å²) in [6, 6.07) is 13.0. The van der Waals surface area contributed by atoms with Crippen LogP contribution in [0.15, 0.2) is 53.4 Å². The minimum Gasteiger partial charge on any atom is -0.379 e. The quantitative estimate of drug-likeness (QED) is 0.825. The molecule has 1 amide bonds. The van der Waals surface area contributed by atoms with Crippen molar-refractivity contribution in [1.82, 2.24) is 9.62 Å². The fraction of sp³-hybridized carbons (Fsp3) is 0.316. The lowest BCUT2D eigenvalue weighted by molar-refractivity contribution is 0.0730. The zero-order valence-electron chi connectivity index (χ0n) is 14.9. The van der Waals surface area contributed by atoms with Gasteiger partial charge in [-0.25, -0.2) is 8.42 Å². The van der Waals surface area contributed by atoms with E-state index in [0.717, 1.165) is 5.56 Å². The van der Waals surface area contributed by atoms with Gasteiger partial charge in [-0.1, -0.05) is 29.8 Å². The van der Waals surface area contributed by atoms with Crippen molar-refractivity contribution < 1.29 is 17.9 Å². The van der Waals surface area contributed by atoms with E-state index in [0.29, 0.717) is 36.9 Å². The summed E-state index contributed by atoms with van der Waals surface area (Å²) in [5.74, 6) is -0.337. The third kappa shape index (κ3) is 4.68. The van der Waals surface area contributed by atoms with Gasteiger partial charge >= 0.3 is 0 Å². The first kappa shape index (κ1) is 19.8. The van der Waals surface area contributed by atoms with Gasteiger partial charge in [0.2, 0.25) is 10.0 Å². The average Bonchev–Trinajstić information content (AvgIpc) is 2.69. The fourth-order valence-electron chi connectivity index (χ4n) is 2.85. The molecule has 0 bridgehead atoms. The number of halogens is 1. The largest absolute Gasteiger partial charge is 0.379 e. The van der Waals surface area contributed by atoms with Crippen molar-refractivity contribution in [3.8, 4) is 0 Å². The molecule has 27 heavy (non-hydrogen) atoms. The Kier molecular flexibility index (Phi) is 6.16. The number of amides is 1. The maximum atomic E-state index is 12.8. The van der Waals surface area contributed by atoms with Crippen LogP contribution in [0.3, 0.4) is 0 Å². The summed E-state index contributed by atoms with van der Waals surface area (Å²) < 4.78 is 32.1. The summed E-state index contributed by atoms with van der Waals surface area (Å²) in [5, 5.41) is 3.50. The van der Waals surface area contributed by atoms with Gasteiger partial charge in [0.15, 0.2) is 0 Å². The molecule has 0 radical (unpaired) electrons. The van der Waals surface area contributed by atoms with Gasteiger partial charge in [-0.2, -0.15) is 4.31 Å². The Morgan fingerprint density at radius 1 is 1.15 bits per heavy atom. The number of hydrogen-bond acceptors (Lipinski definition) is 4. The van der Waals surface area contributed by atoms with E-state index in [-0.39, 0.29) is 16.8 Å². The van der Waals surface area contributed by atoms with Gasteiger partial charge < -0.3 is 10.1 Å². The summed E-state index contributed by atoms with van der Waals surface area (Å²) in [4.78, 5) is 12.7. The topological polar surface area (TPSA) is 75.7 Å². The first-order valence-corrected chi connectivity index (χ1v) is 10.4. The van der Waals surface area contributed by atoms with Gasteiger partial charge in [0, 0.05) is 23.7 Å². The highest BCUT2D eigenvalue weighted by Gasteiger charge is 2.27. The van der Waals surface area contributed by atoms with E-state index in [4.69, 9.17) is 16.3 Å². The van der Waals surface area contributed by atoms with Crippen LogP contribution in [0, 0.1) is 0 Å². The van der Waals surface area contributed by atoms with Crippen LogP contribution in [0.2, 0.25) is 5.02 Å². The van der Waals surface area contributed by atoms with E-state index in [2.05, 4.69) is 5.32 Å². The van der Waals surface area contributed by atoms with Crippen molar-refractivity contribution in [3.63, 3.8) is 0 Å². The van der Waals surface area contributed by atoms with Crippen molar-refractivity contribution in [2.75, 3.05) is 26.3 Å². The number of nitrogens with zero attached hydrogens (tertiary/aromatic N) is 1. The molecule has 2 aromatic rings. The SMILES string of the molecule is C[C@@H](NC(=O)c1cccc(S(=O)(=O)N2CCOCC2)c1)c1ccc(Cl)cc1. The lowest BCUT2D eigenvalue weighted by Gasteiger charge is -2.26. The van der Waals surface area contributed by atoms with E-state index < -0.39 is 10.0 Å². The van der Waals surface area contributed by atoms with Crippen LogP contribution < -0.4 is 5.32 Å². The van der Waals surface area contributed by atoms with Crippen LogP contribution in [-0.2, 0) is 14.8 Å². The van der Waals surface area contributed by atoms with Crippen LogP contribution in [0.25, 0.3) is 0 Å². The van der Waals surface area contributed by atoms with Gasteiger partial charge in [0.1, 0.15) is 0 Å². The number of benzene rings is 2. The Labute approximate surface area is 164 Å². The maximum Gasteiger partial charge on any atom is 0.251 e. The smallest absolute Gasteiger partial charge is 0.251 e. The van der Waals surface area contributed by atoms with Gasteiger partial charge in [-0.05, 0) is 42.8 Å². The minimum absolute atomic E-state index is 0.108. The highest BCUT2D eigenvalue weighted by Crippen LogP contribution is 2.20. The van der Waals surface area contributed by atoms with Gasteiger partial charge in [0.25, 0.3) is 5.91 Å². The Morgan fingerprint density at radius 3 is 2.48 bits per heavy atom. The molecule has 1 aliphatic heterocycles. The molecule has 1 heterocycles. The van der Waals surface area contributed by atoms with Crippen molar-refractivity contribution in [2.45, 2.75) is 17.9 Å². The predicted molar refractivity (Wildman–Crippen MR) is 103 cm³/mol. The number of carbonyl (C=O) groups excluding carboxylic acids is 1. The molecular formula is C19H21ClN2O4S. The molecule has 2 aromatic carbocycles. The molecule has 1 fully saturated rings. The molecule has 0 saturated carbocycles. The summed E-state index contributed by atoms with van der Waals surface area (Å²) in [5.41, 5.74) is 1.20. The molecule has 144 valence electrons. The summed E-state index contributed by atoms with van der Waals surface area (Å²) in [6.07, 6.45) is 0. The second-order valence-electron chi connectivity index (χ2n) is 6.29. The van der Waals surface area contributed by atoms with Crippen molar-refractivity contribution in [3.05, 3.63) is 64.7 Å². The molecule has 1 atom stereocenters. The standard InChI is InChI=1S/C19H21ClN2O4S/c1-14(15-5-7-17(20)8-6-15)21-19(23)16-3-2-4-18(13-16)27(24,25)22-9-11-26-12-10-22/h2-8,13-14H,9-12H2,1H3,(H,21,23)/t14-/m1/s1. The molecule has 0 unspecified atom stereocenters. The molecule has 0 spiro atoms. The predicted octanol–water partition coefficient (Wildman–Crippen LogP) is 2.85. The Bertz CT molecular complexity index is 910. The Hall–Kier alpha value is -1.93. The fourth-order valence-corrected chi connectivity index (χ4v) is 4.43. The Morgan fingerprint density at radius 2 is 1.81 bits per heavy atom. The van der Waals surface area contributed by atoms with Crippen molar-refractivity contribution in [2.24, 2.45) is 0 Å². The third-order valence-electron chi connectivity index (χ3n) is 4.42. The molecule has 0 aromatic heterocycles. The number of morpholine rings is 1. The zero-order chi connectivity index (χ0) is 19.4. The third-order valence-corrected chi connectivity index (χ3v) is 6.57. The van der Waals surface area contributed by atoms with Crippen molar-refractivity contribution in [1.29, 1.82) is 0 Å². The second kappa shape index (κ2) is 8.39. The highest BCUT2D eigenvalue weighted by molar-refractivity contribution is 7.89. The van der Waals surface area contributed by atoms with E-state index in [9.17, 15) is 13.2 Å². The van der Waals surface area contributed by atoms with Crippen LogP contribution in [0.1, 0.15) is 28.9 Å². The van der Waals surface area contributed by atoms with E-state index in [1.807, 2.05) is 19.1 Å². The van der Waals surface area contributed by atoms with Crippen LogP contribution in [-0.4, -0.2) is 44.9 Å². The lowest BCUT2D eigenvalue weighted by atomic mass is 10.1. The number of sulfonamides is 1. The van der Waals surface area contributed by atoms with E-state index >= 15 is 0 Å². The monoisotopic (exact) mass is 408 g/mol. The molecule has 0 aliphatic carbocycles. The van der Waals surface area contributed by atoms with Crippen LogP contribution >= 0.6 is 11.6 Å². The zero-order valence-corrected chi connectivity index (χ0v) is 16.5. The number of nitrogens with one attached hydrogen (secondary N) is 1. The molecule has 3 rings (SSSR count). The minimum atomic E-state index is -3.64. The maximum absolute atomic E-state index is 12.8. The summed E-state index contributed by atoms with van der Waals surface area (Å²) >= 11 is 5.89. The number of hydrogen-bond donors (Lipinski definition) is 1. The first-order valence-electron chi connectivity index (χ1n) is 8.62. The van der Waals surface area contributed by atoms with E-state index in [1.165, 1.54) is 16.4 Å². The van der Waals surface area contributed by atoms with Crippen LogP contribution in [0.4, 0.5) is 0 Å². The second-order valence-corrected chi connectivity index (χ2v) is 8.67. The highest BCUT2D eigenvalue weighted by atomic mass is 35.5. The lowest BCUT2D eigenvalue weighted by Crippen LogP contribution is -2.40.